The summed E-state index contributed by atoms with van der Waals surface area (Å²) in [6.45, 7) is 7.59. The molecule has 2 amide bonds. The van der Waals surface area contributed by atoms with Crippen molar-refractivity contribution in [3.63, 3.8) is 0 Å². The van der Waals surface area contributed by atoms with Crippen LogP contribution in [0.2, 0.25) is 0 Å². The number of benzene rings is 1. The Labute approximate surface area is 131 Å². The molecule has 0 aliphatic heterocycles. The number of nitrogens with one attached hydrogen (secondary N) is 2. The second kappa shape index (κ2) is 8.32. The minimum absolute atomic E-state index is 0.0410. The van der Waals surface area contributed by atoms with Crippen LogP contribution in [0, 0.1) is 5.92 Å². The van der Waals surface area contributed by atoms with Gasteiger partial charge in [0.1, 0.15) is 0 Å². The minimum Gasteiger partial charge on any atom is -0.345 e. The molecule has 22 heavy (non-hydrogen) atoms. The van der Waals surface area contributed by atoms with Crippen LogP contribution >= 0.6 is 0 Å². The number of carbonyl (C=O) groups excluding carboxylic acids is 3. The van der Waals surface area contributed by atoms with Gasteiger partial charge in [-0.05, 0) is 56.9 Å². The number of ketones is 1. The summed E-state index contributed by atoms with van der Waals surface area (Å²) < 4.78 is 0. The highest BCUT2D eigenvalue weighted by atomic mass is 16.2. The van der Waals surface area contributed by atoms with E-state index in [0.717, 1.165) is 12.8 Å². The zero-order valence-electron chi connectivity index (χ0n) is 13.6. The molecule has 1 aromatic rings. The van der Waals surface area contributed by atoms with Crippen molar-refractivity contribution in [2.75, 3.05) is 5.32 Å². The topological polar surface area (TPSA) is 75.3 Å². The van der Waals surface area contributed by atoms with Crippen LogP contribution in [0.25, 0.3) is 0 Å². The summed E-state index contributed by atoms with van der Waals surface area (Å²) in [6, 6.07) is 6.39. The summed E-state index contributed by atoms with van der Waals surface area (Å²) in [7, 11) is 0. The molecular formula is C17H24N2O3. The first-order chi connectivity index (χ1) is 10.3. The fourth-order valence-electron chi connectivity index (χ4n) is 1.92. The Bertz CT molecular complexity index is 535. The Morgan fingerprint density at radius 3 is 2.05 bits per heavy atom. The van der Waals surface area contributed by atoms with Crippen LogP contribution in [-0.2, 0) is 9.59 Å². The standard InChI is InChI=1S/C17H24N2O3/c1-11(2)5-6-12(3)18-16(21)17(22)19-15-9-7-14(8-10-15)13(4)20/h7-12H,5-6H2,1-4H3,(H,18,21)(H,19,22). The summed E-state index contributed by atoms with van der Waals surface area (Å²) >= 11 is 0. The first-order valence-corrected chi connectivity index (χ1v) is 7.52. The molecule has 0 aromatic heterocycles. The van der Waals surface area contributed by atoms with Crippen molar-refractivity contribution in [2.45, 2.75) is 46.6 Å². The SMILES string of the molecule is CC(=O)c1ccc(NC(=O)C(=O)NC(C)CCC(C)C)cc1. The number of rotatable bonds is 6. The van der Waals surface area contributed by atoms with Crippen molar-refractivity contribution in [2.24, 2.45) is 5.92 Å². The number of anilines is 1. The largest absolute Gasteiger partial charge is 0.345 e. The average Bonchev–Trinajstić information content (AvgIpc) is 2.45. The predicted octanol–water partition coefficient (Wildman–Crippen LogP) is 2.77. The lowest BCUT2D eigenvalue weighted by molar-refractivity contribution is -0.136. The maximum absolute atomic E-state index is 11.8. The maximum atomic E-state index is 11.8. The van der Waals surface area contributed by atoms with Gasteiger partial charge in [-0.1, -0.05) is 13.8 Å². The lowest BCUT2D eigenvalue weighted by Gasteiger charge is -2.14. The van der Waals surface area contributed by atoms with Crippen LogP contribution < -0.4 is 10.6 Å². The highest BCUT2D eigenvalue weighted by Gasteiger charge is 2.16. The van der Waals surface area contributed by atoms with E-state index >= 15 is 0 Å². The van der Waals surface area contributed by atoms with Crippen LogP contribution in [-0.4, -0.2) is 23.6 Å². The second-order valence-corrected chi connectivity index (χ2v) is 5.93. The molecule has 0 fully saturated rings. The summed E-state index contributed by atoms with van der Waals surface area (Å²) in [5.74, 6) is -0.832. The molecule has 1 unspecified atom stereocenters. The van der Waals surface area contributed by atoms with Crippen molar-refractivity contribution in [3.05, 3.63) is 29.8 Å². The highest BCUT2D eigenvalue weighted by molar-refractivity contribution is 6.39. The van der Waals surface area contributed by atoms with Gasteiger partial charge in [0.25, 0.3) is 0 Å². The van der Waals surface area contributed by atoms with Gasteiger partial charge in [0, 0.05) is 17.3 Å². The number of carbonyl (C=O) groups is 3. The van der Waals surface area contributed by atoms with Crippen molar-refractivity contribution >= 4 is 23.3 Å². The van der Waals surface area contributed by atoms with Crippen molar-refractivity contribution < 1.29 is 14.4 Å². The van der Waals surface area contributed by atoms with Gasteiger partial charge in [-0.2, -0.15) is 0 Å². The molecule has 0 radical (unpaired) electrons. The quantitative estimate of drug-likeness (QED) is 0.627. The summed E-state index contributed by atoms with van der Waals surface area (Å²) in [5, 5.41) is 5.20. The van der Waals surface area contributed by atoms with Gasteiger partial charge in [-0.25, -0.2) is 0 Å². The molecule has 5 heteroatoms. The summed E-state index contributed by atoms with van der Waals surface area (Å²) in [6.07, 6.45) is 1.83. The lowest BCUT2D eigenvalue weighted by Crippen LogP contribution is -2.40. The molecule has 0 aliphatic rings. The maximum Gasteiger partial charge on any atom is 0.313 e. The monoisotopic (exact) mass is 304 g/mol. The minimum atomic E-state index is -0.702. The van der Waals surface area contributed by atoms with E-state index < -0.39 is 11.8 Å². The number of amides is 2. The van der Waals surface area contributed by atoms with Crippen molar-refractivity contribution in [3.8, 4) is 0 Å². The molecule has 2 N–H and O–H groups in total. The molecule has 0 saturated carbocycles. The third kappa shape index (κ3) is 6.08. The zero-order chi connectivity index (χ0) is 16.7. The van der Waals surface area contributed by atoms with Gasteiger partial charge >= 0.3 is 11.8 Å². The third-order valence-electron chi connectivity index (χ3n) is 3.31. The molecule has 1 rings (SSSR count). The Morgan fingerprint density at radius 2 is 1.55 bits per heavy atom. The molecule has 1 atom stereocenters. The fourth-order valence-corrected chi connectivity index (χ4v) is 1.92. The van der Waals surface area contributed by atoms with E-state index in [2.05, 4.69) is 24.5 Å². The lowest BCUT2D eigenvalue weighted by atomic mass is 10.0. The van der Waals surface area contributed by atoms with Crippen LogP contribution in [0.15, 0.2) is 24.3 Å². The number of hydrogen-bond acceptors (Lipinski definition) is 3. The summed E-state index contributed by atoms with van der Waals surface area (Å²) in [4.78, 5) is 34.8. The van der Waals surface area contributed by atoms with Crippen LogP contribution in [0.3, 0.4) is 0 Å². The Hall–Kier alpha value is -2.17. The molecule has 0 heterocycles. The van der Waals surface area contributed by atoms with Crippen molar-refractivity contribution in [1.82, 2.24) is 5.32 Å². The average molecular weight is 304 g/mol. The predicted molar refractivity (Wildman–Crippen MR) is 86.8 cm³/mol. The van der Waals surface area contributed by atoms with Gasteiger partial charge in [0.15, 0.2) is 5.78 Å². The van der Waals surface area contributed by atoms with E-state index in [1.807, 2.05) is 6.92 Å². The Morgan fingerprint density at radius 1 is 0.955 bits per heavy atom. The molecule has 0 bridgehead atoms. The van der Waals surface area contributed by atoms with Crippen LogP contribution in [0.4, 0.5) is 5.69 Å². The molecule has 1 aromatic carbocycles. The molecule has 0 spiro atoms. The first-order valence-electron chi connectivity index (χ1n) is 7.52. The van der Waals surface area contributed by atoms with E-state index in [-0.39, 0.29) is 11.8 Å². The first kappa shape index (κ1) is 17.9. The fraction of sp³-hybridized carbons (Fsp3) is 0.471. The van der Waals surface area contributed by atoms with Gasteiger partial charge in [-0.15, -0.1) is 0 Å². The highest BCUT2D eigenvalue weighted by Crippen LogP contribution is 2.10. The van der Waals surface area contributed by atoms with E-state index in [1.54, 1.807) is 24.3 Å². The molecule has 0 aliphatic carbocycles. The molecule has 120 valence electrons. The van der Waals surface area contributed by atoms with E-state index in [4.69, 9.17) is 0 Å². The molecule has 5 nitrogen and oxygen atoms in total. The van der Waals surface area contributed by atoms with E-state index in [1.165, 1.54) is 6.92 Å². The van der Waals surface area contributed by atoms with Gasteiger partial charge in [0.2, 0.25) is 0 Å². The molecule has 0 saturated heterocycles. The smallest absolute Gasteiger partial charge is 0.313 e. The van der Waals surface area contributed by atoms with Gasteiger partial charge in [0.05, 0.1) is 0 Å². The Kier molecular flexibility index (Phi) is 6.76. The van der Waals surface area contributed by atoms with Gasteiger partial charge in [-0.3, -0.25) is 14.4 Å². The van der Waals surface area contributed by atoms with Crippen LogP contribution in [0.1, 0.15) is 50.9 Å². The second-order valence-electron chi connectivity index (χ2n) is 5.93. The molecular weight excluding hydrogens is 280 g/mol. The number of Topliss-reactive ketones (excluding diaryl/α,β-unsaturated/α-hetero) is 1. The Balaban J connectivity index is 2.50. The van der Waals surface area contributed by atoms with Gasteiger partial charge < -0.3 is 10.6 Å². The summed E-state index contributed by atoms with van der Waals surface area (Å²) in [5.41, 5.74) is 1.05. The van der Waals surface area contributed by atoms with E-state index in [9.17, 15) is 14.4 Å². The third-order valence-corrected chi connectivity index (χ3v) is 3.31. The van der Waals surface area contributed by atoms with Crippen LogP contribution in [0.5, 0.6) is 0 Å². The zero-order valence-corrected chi connectivity index (χ0v) is 13.6. The van der Waals surface area contributed by atoms with E-state index in [0.29, 0.717) is 17.2 Å². The number of hydrogen-bond donors (Lipinski definition) is 2. The van der Waals surface area contributed by atoms with Crippen molar-refractivity contribution in [1.29, 1.82) is 0 Å². The normalized spacial score (nSPS) is 11.9.